The molecule has 1 aromatic carbocycles. The summed E-state index contributed by atoms with van der Waals surface area (Å²) < 4.78 is 5.26. The second-order valence-corrected chi connectivity index (χ2v) is 7.81. The number of nitrogens with one attached hydrogen (secondary N) is 1. The van der Waals surface area contributed by atoms with Crippen LogP contribution in [0.3, 0.4) is 0 Å². The van der Waals surface area contributed by atoms with Gasteiger partial charge in [0, 0.05) is 39.3 Å². The molecular weight excluding hydrogens is 336 g/mol. The van der Waals surface area contributed by atoms with E-state index in [4.69, 9.17) is 9.73 Å². The molecule has 0 amide bonds. The predicted octanol–water partition coefficient (Wildman–Crippen LogP) is 2.63. The van der Waals surface area contributed by atoms with Gasteiger partial charge in [-0.25, -0.2) is 0 Å². The summed E-state index contributed by atoms with van der Waals surface area (Å²) in [6, 6.07) is 11.4. The van der Waals surface area contributed by atoms with Gasteiger partial charge in [0.05, 0.1) is 13.2 Å². The number of guanidine groups is 1. The summed E-state index contributed by atoms with van der Waals surface area (Å²) in [6.45, 7) is 9.23. The zero-order chi connectivity index (χ0) is 18.9. The van der Waals surface area contributed by atoms with E-state index in [-0.39, 0.29) is 0 Å². The fourth-order valence-electron chi connectivity index (χ4n) is 4.36. The summed E-state index contributed by atoms with van der Waals surface area (Å²) in [6.07, 6.45) is 4.96. The minimum atomic E-state index is 0.566. The maximum atomic E-state index is 5.26. The van der Waals surface area contributed by atoms with Gasteiger partial charge in [-0.1, -0.05) is 30.3 Å². The van der Waals surface area contributed by atoms with Crippen LogP contribution in [0.25, 0.3) is 0 Å². The number of ether oxygens (including phenoxy) is 1. The summed E-state index contributed by atoms with van der Waals surface area (Å²) in [4.78, 5) is 10.0. The van der Waals surface area contributed by atoms with E-state index in [2.05, 4.69) is 52.4 Å². The van der Waals surface area contributed by atoms with Crippen molar-refractivity contribution in [1.82, 2.24) is 15.1 Å². The molecule has 0 saturated carbocycles. The number of rotatable bonds is 8. The molecule has 5 nitrogen and oxygen atoms in total. The van der Waals surface area contributed by atoms with E-state index in [0.717, 1.165) is 51.2 Å². The first kappa shape index (κ1) is 20.2. The molecule has 0 bridgehead atoms. The van der Waals surface area contributed by atoms with Crippen molar-refractivity contribution in [3.05, 3.63) is 35.9 Å². The van der Waals surface area contributed by atoms with Gasteiger partial charge >= 0.3 is 0 Å². The van der Waals surface area contributed by atoms with Crippen molar-refractivity contribution in [2.24, 2.45) is 10.9 Å². The zero-order valence-corrected chi connectivity index (χ0v) is 17.1. The Morgan fingerprint density at radius 2 is 2.07 bits per heavy atom. The first-order chi connectivity index (χ1) is 13.3. The monoisotopic (exact) mass is 372 g/mol. The number of likely N-dealkylation sites (tertiary alicyclic amines) is 2. The van der Waals surface area contributed by atoms with Crippen LogP contribution in [0.15, 0.2) is 35.3 Å². The molecule has 3 rings (SSSR count). The lowest BCUT2D eigenvalue weighted by Crippen LogP contribution is -2.41. The molecule has 0 spiro atoms. The molecule has 2 heterocycles. The van der Waals surface area contributed by atoms with Crippen molar-refractivity contribution in [3.8, 4) is 0 Å². The van der Waals surface area contributed by atoms with Crippen LogP contribution in [0, 0.1) is 5.92 Å². The van der Waals surface area contributed by atoms with Crippen LogP contribution in [-0.4, -0.2) is 74.8 Å². The van der Waals surface area contributed by atoms with Crippen molar-refractivity contribution in [3.63, 3.8) is 0 Å². The topological polar surface area (TPSA) is 40.1 Å². The Kier molecular flexibility index (Phi) is 7.96. The molecule has 2 saturated heterocycles. The van der Waals surface area contributed by atoms with E-state index in [0.29, 0.717) is 6.04 Å². The lowest BCUT2D eigenvalue weighted by molar-refractivity contribution is 0.142. The van der Waals surface area contributed by atoms with Gasteiger partial charge in [-0.2, -0.15) is 0 Å². The maximum absolute atomic E-state index is 5.26. The van der Waals surface area contributed by atoms with Crippen LogP contribution in [0.4, 0.5) is 0 Å². The van der Waals surface area contributed by atoms with Gasteiger partial charge in [0.1, 0.15) is 0 Å². The highest BCUT2D eigenvalue weighted by molar-refractivity contribution is 5.80. The van der Waals surface area contributed by atoms with E-state index in [1.807, 2.05) is 0 Å². The Morgan fingerprint density at radius 1 is 1.22 bits per heavy atom. The number of hydrogen-bond donors (Lipinski definition) is 1. The van der Waals surface area contributed by atoms with Gasteiger partial charge in [-0.05, 0) is 50.6 Å². The lowest BCUT2D eigenvalue weighted by atomic mass is 9.99. The van der Waals surface area contributed by atoms with Gasteiger partial charge in [0.25, 0.3) is 0 Å². The zero-order valence-electron chi connectivity index (χ0n) is 17.1. The molecule has 2 fully saturated rings. The second-order valence-electron chi connectivity index (χ2n) is 7.81. The van der Waals surface area contributed by atoms with E-state index in [1.165, 1.54) is 37.8 Å². The average molecular weight is 373 g/mol. The molecule has 2 atom stereocenters. The lowest BCUT2D eigenvalue weighted by Gasteiger charge is -2.25. The third-order valence-corrected chi connectivity index (χ3v) is 5.82. The SMILES string of the molecule is CCNC(=NCC1CCCN1CCOC)N1CCC(Cc2ccccc2)C1. The van der Waals surface area contributed by atoms with Gasteiger partial charge < -0.3 is 15.0 Å². The Bertz CT molecular complexity index is 577. The molecule has 2 aliphatic rings. The van der Waals surface area contributed by atoms with Crippen LogP contribution in [0.2, 0.25) is 0 Å². The fourth-order valence-corrected chi connectivity index (χ4v) is 4.36. The van der Waals surface area contributed by atoms with Crippen LogP contribution in [-0.2, 0) is 11.2 Å². The normalized spacial score (nSPS) is 23.9. The van der Waals surface area contributed by atoms with Crippen LogP contribution in [0.5, 0.6) is 0 Å². The molecule has 2 unspecified atom stereocenters. The first-order valence-corrected chi connectivity index (χ1v) is 10.6. The molecule has 0 aromatic heterocycles. The van der Waals surface area contributed by atoms with E-state index in [1.54, 1.807) is 7.11 Å². The Balaban J connectivity index is 1.54. The number of hydrogen-bond acceptors (Lipinski definition) is 3. The number of nitrogens with zero attached hydrogens (tertiary/aromatic N) is 3. The van der Waals surface area contributed by atoms with E-state index >= 15 is 0 Å². The summed E-state index contributed by atoms with van der Waals surface area (Å²) in [5, 5.41) is 3.52. The van der Waals surface area contributed by atoms with Crippen molar-refractivity contribution >= 4 is 5.96 Å². The third kappa shape index (κ3) is 5.94. The van der Waals surface area contributed by atoms with Crippen molar-refractivity contribution in [1.29, 1.82) is 0 Å². The fraction of sp³-hybridized carbons (Fsp3) is 0.682. The molecular formula is C22H36N4O. The Hall–Kier alpha value is -1.59. The van der Waals surface area contributed by atoms with Gasteiger partial charge in [-0.3, -0.25) is 9.89 Å². The quantitative estimate of drug-likeness (QED) is 0.563. The number of aliphatic imine (C=N–C) groups is 1. The Morgan fingerprint density at radius 3 is 2.85 bits per heavy atom. The molecule has 150 valence electrons. The third-order valence-electron chi connectivity index (χ3n) is 5.82. The average Bonchev–Trinajstić information content (AvgIpc) is 3.33. The van der Waals surface area contributed by atoms with Crippen molar-refractivity contribution < 1.29 is 4.74 Å². The standard InChI is InChI=1S/C22H36N4O/c1-3-23-22(24-17-21-10-7-12-25(21)14-15-27-2)26-13-11-20(18-26)16-19-8-5-4-6-9-19/h4-6,8-9,20-21H,3,7,10-18H2,1-2H3,(H,23,24). The van der Waals surface area contributed by atoms with Gasteiger partial charge in [0.2, 0.25) is 0 Å². The van der Waals surface area contributed by atoms with E-state index in [9.17, 15) is 0 Å². The highest BCUT2D eigenvalue weighted by Crippen LogP contribution is 2.21. The van der Waals surface area contributed by atoms with Crippen LogP contribution < -0.4 is 5.32 Å². The first-order valence-electron chi connectivity index (χ1n) is 10.6. The summed E-state index contributed by atoms with van der Waals surface area (Å²) >= 11 is 0. The molecule has 5 heteroatoms. The van der Waals surface area contributed by atoms with Crippen molar-refractivity contribution in [2.45, 2.75) is 38.6 Å². The molecule has 27 heavy (non-hydrogen) atoms. The predicted molar refractivity (Wildman–Crippen MR) is 112 cm³/mol. The minimum Gasteiger partial charge on any atom is -0.383 e. The highest BCUT2D eigenvalue weighted by Gasteiger charge is 2.27. The van der Waals surface area contributed by atoms with Crippen LogP contribution >= 0.6 is 0 Å². The summed E-state index contributed by atoms with van der Waals surface area (Å²) in [7, 11) is 1.78. The van der Waals surface area contributed by atoms with Crippen molar-refractivity contribution in [2.75, 3.05) is 53.0 Å². The molecule has 1 N–H and O–H groups in total. The van der Waals surface area contributed by atoms with Gasteiger partial charge in [0.15, 0.2) is 5.96 Å². The molecule has 1 aromatic rings. The smallest absolute Gasteiger partial charge is 0.193 e. The second kappa shape index (κ2) is 10.7. The highest BCUT2D eigenvalue weighted by atomic mass is 16.5. The molecule has 0 aliphatic carbocycles. The molecule has 0 radical (unpaired) electrons. The summed E-state index contributed by atoms with van der Waals surface area (Å²) in [5.41, 5.74) is 1.45. The summed E-state index contributed by atoms with van der Waals surface area (Å²) in [5.74, 6) is 1.83. The number of methoxy groups -OCH3 is 1. The largest absolute Gasteiger partial charge is 0.383 e. The number of benzene rings is 1. The maximum Gasteiger partial charge on any atom is 0.193 e. The van der Waals surface area contributed by atoms with E-state index < -0.39 is 0 Å². The van der Waals surface area contributed by atoms with Crippen LogP contribution in [0.1, 0.15) is 31.7 Å². The minimum absolute atomic E-state index is 0.566. The Labute approximate surface area is 164 Å². The van der Waals surface area contributed by atoms with Gasteiger partial charge in [-0.15, -0.1) is 0 Å². The molecule has 2 aliphatic heterocycles.